The molecule has 176 valence electrons. The Kier molecular flexibility index (Phi) is 4.06. The van der Waals surface area contributed by atoms with E-state index in [1.165, 1.54) is 6.07 Å². The molecule has 4 amide bonds. The first-order chi connectivity index (χ1) is 16.2. The van der Waals surface area contributed by atoms with Gasteiger partial charge in [0.15, 0.2) is 16.9 Å². The summed E-state index contributed by atoms with van der Waals surface area (Å²) in [5, 5.41) is 24.7. The van der Waals surface area contributed by atoms with E-state index in [0.29, 0.717) is 5.56 Å². The molecule has 0 radical (unpaired) electrons. The summed E-state index contributed by atoms with van der Waals surface area (Å²) in [5.41, 5.74) is -1.51. The van der Waals surface area contributed by atoms with Gasteiger partial charge in [-0.25, -0.2) is 9.18 Å². The first kappa shape index (κ1) is 20.5. The lowest BCUT2D eigenvalue weighted by atomic mass is 9.66. The fourth-order valence-electron chi connectivity index (χ4n) is 5.41. The number of ether oxygens (including phenoxy) is 1. The minimum absolute atomic E-state index is 0.0166. The van der Waals surface area contributed by atoms with Gasteiger partial charge in [-0.1, -0.05) is 10.3 Å². The van der Waals surface area contributed by atoms with Crippen molar-refractivity contribution in [3.8, 4) is 17.7 Å². The molecule has 3 aliphatic rings. The van der Waals surface area contributed by atoms with Crippen molar-refractivity contribution in [2.24, 2.45) is 5.41 Å². The number of hydrogen-bond acceptors (Lipinski definition) is 11. The fourth-order valence-corrected chi connectivity index (χ4v) is 5.41. The van der Waals surface area contributed by atoms with Crippen molar-refractivity contribution in [2.45, 2.75) is 38.5 Å². The average molecular weight is 472 g/mol. The number of benzene rings is 1. The van der Waals surface area contributed by atoms with E-state index in [2.05, 4.69) is 26.0 Å². The Hall–Kier alpha value is -4.07. The van der Waals surface area contributed by atoms with E-state index in [9.17, 15) is 19.5 Å². The second kappa shape index (κ2) is 6.72. The maximum atomic E-state index is 15.9. The highest BCUT2D eigenvalue weighted by molar-refractivity contribution is 6.20. The highest BCUT2D eigenvalue weighted by Gasteiger charge is 2.63. The molecular weight excluding hydrogens is 455 g/mol. The summed E-state index contributed by atoms with van der Waals surface area (Å²) < 4.78 is 32.1. The zero-order valence-electron chi connectivity index (χ0n) is 17.8. The number of nitrogens with one attached hydrogen (secondary N) is 2. The molecule has 34 heavy (non-hydrogen) atoms. The average Bonchev–Trinajstić information content (AvgIpc) is 3.37. The third kappa shape index (κ3) is 2.56. The van der Waals surface area contributed by atoms with Crippen LogP contribution in [-0.4, -0.2) is 63.1 Å². The molecule has 3 atom stereocenters. The minimum atomic E-state index is -1.76. The maximum Gasteiger partial charge on any atom is 0.412 e. The highest BCUT2D eigenvalue weighted by Crippen LogP contribution is 2.49. The molecule has 2 fully saturated rings. The van der Waals surface area contributed by atoms with Gasteiger partial charge in [-0.15, -0.1) is 5.10 Å². The van der Waals surface area contributed by atoms with E-state index in [1.54, 1.807) is 18.7 Å². The van der Waals surface area contributed by atoms with Gasteiger partial charge in [0.05, 0.1) is 29.3 Å². The van der Waals surface area contributed by atoms with Gasteiger partial charge in [-0.3, -0.25) is 20.2 Å². The summed E-state index contributed by atoms with van der Waals surface area (Å²) >= 11 is 0. The fraction of sp³-hybridized carbons (Fsp3) is 0.400. The predicted molar refractivity (Wildman–Crippen MR) is 108 cm³/mol. The number of aromatic hydroxyl groups is 1. The van der Waals surface area contributed by atoms with Gasteiger partial charge in [-0.05, 0) is 25.5 Å². The topological polar surface area (TPSA) is 173 Å². The number of nitrogens with zero attached hydrogens (tertiary/aromatic N) is 4. The van der Waals surface area contributed by atoms with Gasteiger partial charge in [0.2, 0.25) is 17.4 Å². The van der Waals surface area contributed by atoms with E-state index in [-0.39, 0.29) is 47.3 Å². The number of urea groups is 1. The summed E-state index contributed by atoms with van der Waals surface area (Å²) in [6.45, 7) is 3.67. The monoisotopic (exact) mass is 472 g/mol. The largest absolute Gasteiger partial charge is 0.465 e. The molecular formula is C20H17FN6O7. The number of anilines is 1. The van der Waals surface area contributed by atoms with Gasteiger partial charge in [-0.2, -0.15) is 0 Å². The van der Waals surface area contributed by atoms with Crippen molar-refractivity contribution in [1.82, 2.24) is 26.0 Å². The van der Waals surface area contributed by atoms with Gasteiger partial charge in [0.1, 0.15) is 0 Å². The summed E-state index contributed by atoms with van der Waals surface area (Å²) in [7, 11) is 0. The Balaban J connectivity index is 1.60. The molecule has 0 bridgehead atoms. The van der Waals surface area contributed by atoms with E-state index in [0.717, 1.165) is 0 Å². The molecule has 3 N–H and O–H groups in total. The van der Waals surface area contributed by atoms with Crippen molar-refractivity contribution in [1.29, 1.82) is 0 Å². The molecule has 1 spiro atoms. The standard InChI is InChI=1S/C20H17FN6O7/c1-6-5-27-12-8(3-9-11(15-24-25-19(31)33-15)26-34-13(9)10(12)21)4-20(14(27)7(2)32-6)16(28)22-18(30)23-17(20)29/h3,6-7,14H,4-5H2,1-2H3,(H,25,31)(H2,22,23,28,29,30)/t6-,7+,14-/m0/s1. The van der Waals surface area contributed by atoms with Crippen molar-refractivity contribution in [2.75, 3.05) is 11.4 Å². The minimum Gasteiger partial charge on any atom is -0.465 e. The third-order valence-electron chi connectivity index (χ3n) is 6.58. The summed E-state index contributed by atoms with van der Waals surface area (Å²) in [6.07, 6.45) is -1.91. The first-order valence-corrected chi connectivity index (χ1v) is 10.4. The summed E-state index contributed by atoms with van der Waals surface area (Å²) in [6, 6.07) is -0.290. The zero-order chi connectivity index (χ0) is 23.9. The Morgan fingerprint density at radius 3 is 2.62 bits per heavy atom. The van der Waals surface area contributed by atoms with Crippen LogP contribution in [0.25, 0.3) is 22.6 Å². The molecule has 3 aliphatic heterocycles. The molecule has 14 heteroatoms. The van der Waals surface area contributed by atoms with Crippen LogP contribution in [0, 0.1) is 11.2 Å². The number of amides is 4. The number of aromatic nitrogens is 3. The van der Waals surface area contributed by atoms with Gasteiger partial charge in [0, 0.05) is 13.0 Å². The van der Waals surface area contributed by atoms with Crippen LogP contribution in [0.5, 0.6) is 6.08 Å². The second-order valence-electron chi connectivity index (χ2n) is 8.63. The van der Waals surface area contributed by atoms with Crippen molar-refractivity contribution >= 4 is 34.5 Å². The SMILES string of the molecule is C[C@H]1CN2c3c(cc4c(-c5nnc(O)o5)noc4c3F)CC3(C(=O)NC(=O)NC3=O)[C@@H]2[C@@H](C)O1. The molecule has 0 aliphatic carbocycles. The number of rotatable bonds is 1. The third-order valence-corrected chi connectivity index (χ3v) is 6.58. The lowest BCUT2D eigenvalue weighted by Gasteiger charge is -2.55. The number of barbiturate groups is 1. The molecule has 5 heterocycles. The van der Waals surface area contributed by atoms with E-state index in [1.807, 2.05) is 0 Å². The van der Waals surface area contributed by atoms with Crippen LogP contribution in [0.1, 0.15) is 19.4 Å². The normalized spacial score (nSPS) is 25.8. The summed E-state index contributed by atoms with van der Waals surface area (Å²) in [5.74, 6) is -2.53. The number of hydrogen-bond donors (Lipinski definition) is 3. The van der Waals surface area contributed by atoms with E-state index in [4.69, 9.17) is 13.7 Å². The lowest BCUT2D eigenvalue weighted by Crippen LogP contribution is -2.75. The zero-order valence-corrected chi connectivity index (χ0v) is 17.8. The molecule has 2 saturated heterocycles. The molecule has 0 saturated carbocycles. The van der Waals surface area contributed by atoms with Crippen LogP contribution in [0.4, 0.5) is 14.9 Å². The van der Waals surface area contributed by atoms with Crippen molar-refractivity contribution < 1.29 is 37.6 Å². The quantitative estimate of drug-likeness (QED) is 0.424. The Labute approximate surface area is 189 Å². The molecule has 0 unspecified atom stereocenters. The Morgan fingerprint density at radius 2 is 1.94 bits per heavy atom. The second-order valence-corrected chi connectivity index (χ2v) is 8.63. The molecule has 1 aromatic carbocycles. The maximum absolute atomic E-state index is 15.9. The number of carbonyl (C=O) groups excluding carboxylic acids is 3. The number of fused-ring (bicyclic) bond motifs is 5. The number of morpholine rings is 1. The predicted octanol–water partition coefficient (Wildman–Crippen LogP) is 0.613. The lowest BCUT2D eigenvalue weighted by molar-refractivity contribution is -0.153. The highest BCUT2D eigenvalue weighted by atomic mass is 19.1. The number of carbonyl (C=O) groups is 3. The molecule has 2 aromatic heterocycles. The molecule has 3 aromatic rings. The Bertz CT molecular complexity index is 1380. The number of halogens is 1. The molecule has 13 nitrogen and oxygen atoms in total. The van der Waals surface area contributed by atoms with Crippen LogP contribution >= 0.6 is 0 Å². The smallest absolute Gasteiger partial charge is 0.412 e. The summed E-state index contributed by atoms with van der Waals surface area (Å²) in [4.78, 5) is 39.9. The Morgan fingerprint density at radius 1 is 1.21 bits per heavy atom. The van der Waals surface area contributed by atoms with Crippen LogP contribution < -0.4 is 15.5 Å². The van der Waals surface area contributed by atoms with Gasteiger partial charge >= 0.3 is 12.1 Å². The number of imide groups is 2. The van der Waals surface area contributed by atoms with E-state index >= 15 is 4.39 Å². The first-order valence-electron chi connectivity index (χ1n) is 10.4. The van der Waals surface area contributed by atoms with Gasteiger partial charge in [0.25, 0.3) is 5.89 Å². The van der Waals surface area contributed by atoms with Crippen molar-refractivity contribution in [3.05, 3.63) is 17.4 Å². The van der Waals surface area contributed by atoms with Crippen LogP contribution in [0.3, 0.4) is 0 Å². The van der Waals surface area contributed by atoms with E-state index < -0.39 is 47.3 Å². The molecule has 6 rings (SSSR count). The van der Waals surface area contributed by atoms with Gasteiger partial charge < -0.3 is 23.7 Å². The van der Waals surface area contributed by atoms with Crippen molar-refractivity contribution in [3.63, 3.8) is 0 Å². The van der Waals surface area contributed by atoms with Crippen LogP contribution in [0.15, 0.2) is 15.0 Å². The van der Waals surface area contributed by atoms with Crippen LogP contribution in [0.2, 0.25) is 0 Å². The van der Waals surface area contributed by atoms with Crippen LogP contribution in [-0.2, 0) is 20.7 Å².